The molecule has 0 unspecified atom stereocenters. The van der Waals surface area contributed by atoms with Crippen molar-refractivity contribution in [3.8, 4) is 11.3 Å². The topological polar surface area (TPSA) is 64.8 Å². The second-order valence-corrected chi connectivity index (χ2v) is 7.15. The Balaban J connectivity index is 1.49. The number of hydrogen-bond acceptors (Lipinski definition) is 4. The fourth-order valence-electron chi connectivity index (χ4n) is 3.32. The predicted octanol–water partition coefficient (Wildman–Crippen LogP) is 3.36. The van der Waals surface area contributed by atoms with Crippen molar-refractivity contribution in [1.82, 2.24) is 19.9 Å². The van der Waals surface area contributed by atoms with Crippen molar-refractivity contribution in [2.45, 2.75) is 26.4 Å². The zero-order valence-corrected chi connectivity index (χ0v) is 15.4. The van der Waals surface area contributed by atoms with Gasteiger partial charge in [-0.05, 0) is 30.8 Å². The van der Waals surface area contributed by atoms with Crippen LogP contribution in [0.4, 0.5) is 0 Å². The molecule has 26 heavy (non-hydrogen) atoms. The van der Waals surface area contributed by atoms with E-state index in [-0.39, 0.29) is 5.56 Å². The standard InChI is InChI=1S/C20H20N4OS/c1-13-2-5-15(6-3-13)17-7-4-14(10-21-17)11-24-9-8-18-16(12-24)19(25)23-20(26)22-18/h2-7,10H,8-9,11-12H2,1H3,(H2,22,23,25,26). The van der Waals surface area contributed by atoms with Crippen molar-refractivity contribution in [3.63, 3.8) is 0 Å². The molecular formula is C20H20N4OS. The number of hydrogen-bond donors (Lipinski definition) is 2. The average Bonchev–Trinajstić information content (AvgIpc) is 2.64. The highest BCUT2D eigenvalue weighted by molar-refractivity contribution is 7.71. The molecule has 0 saturated heterocycles. The SMILES string of the molecule is Cc1ccc(-c2ccc(CN3CCc4[nH]c(=S)[nH]c(=O)c4C3)cn2)cc1. The van der Waals surface area contributed by atoms with Crippen molar-refractivity contribution in [1.29, 1.82) is 0 Å². The summed E-state index contributed by atoms with van der Waals surface area (Å²) in [5.74, 6) is 0. The van der Waals surface area contributed by atoms with Crippen LogP contribution in [0.25, 0.3) is 11.3 Å². The lowest BCUT2D eigenvalue weighted by Gasteiger charge is -2.27. The largest absolute Gasteiger partial charge is 0.335 e. The number of fused-ring (bicyclic) bond motifs is 1. The Morgan fingerprint density at radius 1 is 1.15 bits per heavy atom. The van der Waals surface area contributed by atoms with Crippen molar-refractivity contribution >= 4 is 12.2 Å². The second kappa shape index (κ2) is 6.97. The molecule has 0 saturated carbocycles. The van der Waals surface area contributed by atoms with Gasteiger partial charge in [0.25, 0.3) is 5.56 Å². The Morgan fingerprint density at radius 3 is 2.69 bits per heavy atom. The molecular weight excluding hydrogens is 344 g/mol. The summed E-state index contributed by atoms with van der Waals surface area (Å²) in [4.78, 5) is 24.8. The third-order valence-corrected chi connectivity index (χ3v) is 4.97. The highest BCUT2D eigenvalue weighted by Gasteiger charge is 2.19. The minimum absolute atomic E-state index is 0.0821. The first-order valence-corrected chi connectivity index (χ1v) is 9.08. The van der Waals surface area contributed by atoms with Crippen molar-refractivity contribution in [2.24, 2.45) is 0 Å². The molecule has 0 amide bonds. The Morgan fingerprint density at radius 2 is 1.96 bits per heavy atom. The fraction of sp³-hybridized carbons (Fsp3) is 0.250. The van der Waals surface area contributed by atoms with Crippen LogP contribution in [0.1, 0.15) is 22.4 Å². The molecule has 0 aliphatic carbocycles. The molecule has 3 heterocycles. The Labute approximate surface area is 156 Å². The highest BCUT2D eigenvalue weighted by atomic mass is 32.1. The number of rotatable bonds is 3. The predicted molar refractivity (Wildman–Crippen MR) is 104 cm³/mol. The molecule has 0 atom stereocenters. The summed E-state index contributed by atoms with van der Waals surface area (Å²) in [7, 11) is 0. The number of aromatic nitrogens is 3. The molecule has 4 rings (SSSR count). The lowest BCUT2D eigenvalue weighted by Crippen LogP contribution is -2.35. The number of pyridine rings is 1. The van der Waals surface area contributed by atoms with Gasteiger partial charge in [-0.15, -0.1) is 0 Å². The van der Waals surface area contributed by atoms with E-state index in [1.807, 2.05) is 6.20 Å². The highest BCUT2D eigenvalue weighted by Crippen LogP contribution is 2.19. The first kappa shape index (κ1) is 16.9. The monoisotopic (exact) mass is 364 g/mol. The van der Waals surface area contributed by atoms with Gasteiger partial charge in [-0.2, -0.15) is 0 Å². The molecule has 5 nitrogen and oxygen atoms in total. The summed E-state index contributed by atoms with van der Waals surface area (Å²) >= 11 is 5.05. The Hall–Kier alpha value is -2.57. The van der Waals surface area contributed by atoms with Crippen LogP contribution in [0.3, 0.4) is 0 Å². The number of H-pyrrole nitrogens is 2. The first-order chi connectivity index (χ1) is 12.6. The van der Waals surface area contributed by atoms with Gasteiger partial charge in [-0.3, -0.25) is 19.7 Å². The van der Waals surface area contributed by atoms with E-state index in [2.05, 4.69) is 63.2 Å². The Kier molecular flexibility index (Phi) is 4.53. The van der Waals surface area contributed by atoms with Crippen LogP contribution in [0, 0.1) is 11.7 Å². The molecule has 1 aliphatic rings. The van der Waals surface area contributed by atoms with E-state index in [4.69, 9.17) is 12.2 Å². The number of nitrogens with zero attached hydrogens (tertiary/aromatic N) is 2. The normalized spacial score (nSPS) is 14.2. The maximum Gasteiger partial charge on any atom is 0.256 e. The minimum atomic E-state index is -0.0821. The van der Waals surface area contributed by atoms with Crippen LogP contribution in [0.2, 0.25) is 0 Å². The minimum Gasteiger partial charge on any atom is -0.335 e. The van der Waals surface area contributed by atoms with Crippen molar-refractivity contribution in [3.05, 3.63) is 80.1 Å². The lowest BCUT2D eigenvalue weighted by atomic mass is 10.1. The van der Waals surface area contributed by atoms with E-state index < -0.39 is 0 Å². The van der Waals surface area contributed by atoms with Crippen molar-refractivity contribution in [2.75, 3.05) is 6.54 Å². The van der Waals surface area contributed by atoms with Gasteiger partial charge < -0.3 is 4.98 Å². The molecule has 0 spiro atoms. The van der Waals surface area contributed by atoms with Crippen LogP contribution in [-0.2, 0) is 19.5 Å². The number of aryl methyl sites for hydroxylation is 1. The van der Waals surface area contributed by atoms with Gasteiger partial charge in [0, 0.05) is 43.5 Å². The zero-order valence-electron chi connectivity index (χ0n) is 14.6. The third kappa shape index (κ3) is 3.52. The molecule has 1 aromatic carbocycles. The van der Waals surface area contributed by atoms with Gasteiger partial charge >= 0.3 is 0 Å². The van der Waals surface area contributed by atoms with Gasteiger partial charge in [-0.25, -0.2) is 0 Å². The molecule has 0 bridgehead atoms. The molecule has 6 heteroatoms. The number of nitrogens with one attached hydrogen (secondary N) is 2. The fourth-order valence-corrected chi connectivity index (χ4v) is 3.53. The average molecular weight is 364 g/mol. The molecule has 3 aromatic rings. The molecule has 0 fully saturated rings. The van der Waals surface area contributed by atoms with E-state index in [0.717, 1.165) is 47.6 Å². The maximum atomic E-state index is 12.1. The molecule has 2 aromatic heterocycles. The first-order valence-electron chi connectivity index (χ1n) is 8.67. The molecule has 1 aliphatic heterocycles. The van der Waals surface area contributed by atoms with Gasteiger partial charge in [0.05, 0.1) is 11.3 Å². The zero-order chi connectivity index (χ0) is 18.1. The summed E-state index contributed by atoms with van der Waals surface area (Å²) in [5, 5.41) is 0. The van der Waals surface area contributed by atoms with Gasteiger partial charge in [0.1, 0.15) is 0 Å². The summed E-state index contributed by atoms with van der Waals surface area (Å²) in [6, 6.07) is 12.5. The third-order valence-electron chi connectivity index (χ3n) is 4.77. The Bertz CT molecular complexity index is 1040. The van der Waals surface area contributed by atoms with E-state index in [9.17, 15) is 4.79 Å². The molecule has 0 radical (unpaired) electrons. The van der Waals surface area contributed by atoms with E-state index in [1.54, 1.807) is 0 Å². The van der Waals surface area contributed by atoms with Gasteiger partial charge in [0.2, 0.25) is 0 Å². The summed E-state index contributed by atoms with van der Waals surface area (Å²) in [6.07, 6.45) is 2.73. The molecule has 2 N–H and O–H groups in total. The second-order valence-electron chi connectivity index (χ2n) is 6.74. The number of benzene rings is 1. The maximum absolute atomic E-state index is 12.1. The summed E-state index contributed by atoms with van der Waals surface area (Å²) in [6.45, 7) is 4.36. The van der Waals surface area contributed by atoms with E-state index in [0.29, 0.717) is 11.3 Å². The van der Waals surface area contributed by atoms with Crippen LogP contribution in [0.15, 0.2) is 47.4 Å². The molecule has 132 valence electrons. The van der Waals surface area contributed by atoms with Gasteiger partial charge in [-0.1, -0.05) is 35.9 Å². The van der Waals surface area contributed by atoms with Crippen LogP contribution in [0.5, 0.6) is 0 Å². The van der Waals surface area contributed by atoms with E-state index in [1.165, 1.54) is 5.56 Å². The van der Waals surface area contributed by atoms with Crippen LogP contribution in [-0.4, -0.2) is 26.4 Å². The van der Waals surface area contributed by atoms with E-state index >= 15 is 0 Å². The van der Waals surface area contributed by atoms with Crippen LogP contribution >= 0.6 is 12.2 Å². The smallest absolute Gasteiger partial charge is 0.256 e. The lowest BCUT2D eigenvalue weighted by molar-refractivity contribution is 0.241. The summed E-state index contributed by atoms with van der Waals surface area (Å²) < 4.78 is 0.401. The summed E-state index contributed by atoms with van der Waals surface area (Å²) in [5.41, 5.74) is 6.14. The van der Waals surface area contributed by atoms with Gasteiger partial charge in [0.15, 0.2) is 4.77 Å². The van der Waals surface area contributed by atoms with Crippen LogP contribution < -0.4 is 5.56 Å². The van der Waals surface area contributed by atoms with Crippen molar-refractivity contribution < 1.29 is 0 Å². The quantitative estimate of drug-likeness (QED) is 0.700. The number of aromatic amines is 2.